The third-order valence-corrected chi connectivity index (χ3v) is 6.30. The quantitative estimate of drug-likeness (QED) is 0.347. The predicted molar refractivity (Wildman–Crippen MR) is 131 cm³/mol. The van der Waals surface area contributed by atoms with E-state index in [9.17, 15) is 4.79 Å². The van der Waals surface area contributed by atoms with Crippen LogP contribution in [0.1, 0.15) is 57.4 Å². The standard InChI is InChI=1S/C29H28N2O3/c1-20-10-12-22(13-11-20)33-19-25-23-8-5-9-26(32)24(23)14-15-27(25)34-28(18-29-30-16-17-31-29)21-6-3-2-4-7-21/h2-4,6-7,10-17,28H,5,8-9,18-19H2,1H3,(H,30,31)/t28-/m0/s1. The van der Waals surface area contributed by atoms with E-state index in [-0.39, 0.29) is 11.9 Å². The van der Waals surface area contributed by atoms with Crippen LogP contribution in [0.5, 0.6) is 11.5 Å². The molecule has 3 aromatic carbocycles. The molecule has 0 fully saturated rings. The minimum atomic E-state index is -0.234. The Hall–Kier alpha value is -3.86. The normalized spacial score (nSPS) is 13.9. The Morgan fingerprint density at radius 2 is 1.82 bits per heavy atom. The summed E-state index contributed by atoms with van der Waals surface area (Å²) in [5, 5.41) is 0. The number of fused-ring (bicyclic) bond motifs is 1. The van der Waals surface area contributed by atoms with Crippen molar-refractivity contribution in [2.24, 2.45) is 0 Å². The third kappa shape index (κ3) is 4.88. The molecular formula is C29H28N2O3. The van der Waals surface area contributed by atoms with Crippen molar-refractivity contribution in [2.75, 3.05) is 0 Å². The van der Waals surface area contributed by atoms with Crippen molar-refractivity contribution in [3.05, 3.63) is 113 Å². The molecule has 4 aromatic rings. The van der Waals surface area contributed by atoms with Crippen LogP contribution in [0, 0.1) is 6.92 Å². The minimum absolute atomic E-state index is 0.194. The number of nitrogens with zero attached hydrogens (tertiary/aromatic N) is 1. The van der Waals surface area contributed by atoms with Gasteiger partial charge in [-0.05, 0) is 55.2 Å². The van der Waals surface area contributed by atoms with Gasteiger partial charge in [0.25, 0.3) is 0 Å². The maximum Gasteiger partial charge on any atom is 0.163 e. The van der Waals surface area contributed by atoms with Gasteiger partial charge in [-0.3, -0.25) is 4.79 Å². The van der Waals surface area contributed by atoms with Crippen LogP contribution in [-0.4, -0.2) is 15.8 Å². The predicted octanol–water partition coefficient (Wildman–Crippen LogP) is 6.18. The van der Waals surface area contributed by atoms with Gasteiger partial charge in [0.1, 0.15) is 30.0 Å². The molecule has 0 saturated carbocycles. The van der Waals surface area contributed by atoms with Gasteiger partial charge in [-0.1, -0.05) is 48.0 Å². The minimum Gasteiger partial charge on any atom is -0.489 e. The van der Waals surface area contributed by atoms with Crippen LogP contribution in [-0.2, 0) is 19.4 Å². The van der Waals surface area contributed by atoms with Crippen LogP contribution < -0.4 is 9.47 Å². The summed E-state index contributed by atoms with van der Waals surface area (Å²) in [6.45, 7) is 2.40. The second-order valence-corrected chi connectivity index (χ2v) is 8.70. The van der Waals surface area contributed by atoms with E-state index < -0.39 is 0 Å². The molecule has 0 unspecified atom stereocenters. The summed E-state index contributed by atoms with van der Waals surface area (Å²) in [6.07, 6.45) is 6.23. The van der Waals surface area contributed by atoms with E-state index >= 15 is 0 Å². The second-order valence-electron chi connectivity index (χ2n) is 8.70. The lowest BCUT2D eigenvalue weighted by atomic mass is 9.87. The Bertz CT molecular complexity index is 1250. The summed E-state index contributed by atoms with van der Waals surface area (Å²) in [7, 11) is 0. The highest BCUT2D eigenvalue weighted by Crippen LogP contribution is 2.35. The van der Waals surface area contributed by atoms with E-state index in [2.05, 4.69) is 29.0 Å². The zero-order chi connectivity index (χ0) is 23.3. The first-order valence-electron chi connectivity index (χ1n) is 11.7. The maximum atomic E-state index is 12.6. The summed E-state index contributed by atoms with van der Waals surface area (Å²) in [6, 6.07) is 22.0. The van der Waals surface area contributed by atoms with Crippen LogP contribution in [0.25, 0.3) is 0 Å². The maximum absolute atomic E-state index is 12.6. The van der Waals surface area contributed by atoms with Gasteiger partial charge < -0.3 is 14.5 Å². The number of carbonyl (C=O) groups is 1. The molecule has 1 aliphatic rings. The number of aryl methyl sites for hydroxylation is 1. The Kier molecular flexibility index (Phi) is 6.43. The highest BCUT2D eigenvalue weighted by Gasteiger charge is 2.25. The summed E-state index contributed by atoms with van der Waals surface area (Å²) >= 11 is 0. The first-order chi connectivity index (χ1) is 16.7. The molecule has 5 heteroatoms. The smallest absolute Gasteiger partial charge is 0.163 e. The van der Waals surface area contributed by atoms with Gasteiger partial charge in [0.2, 0.25) is 0 Å². The molecule has 0 aliphatic heterocycles. The average Bonchev–Trinajstić information content (AvgIpc) is 3.38. The Balaban J connectivity index is 1.49. The fourth-order valence-electron chi connectivity index (χ4n) is 4.47. The van der Waals surface area contributed by atoms with Gasteiger partial charge >= 0.3 is 0 Å². The van der Waals surface area contributed by atoms with Gasteiger partial charge in [-0.25, -0.2) is 4.98 Å². The number of ether oxygens (including phenoxy) is 2. The molecule has 0 amide bonds. The number of carbonyl (C=O) groups excluding carboxylic acids is 1. The number of benzene rings is 3. The van der Waals surface area contributed by atoms with Crippen molar-refractivity contribution >= 4 is 5.78 Å². The summed E-state index contributed by atoms with van der Waals surface area (Å²) in [5.74, 6) is 2.60. The van der Waals surface area contributed by atoms with Gasteiger partial charge in [0.15, 0.2) is 5.78 Å². The van der Waals surface area contributed by atoms with Crippen LogP contribution in [0.4, 0.5) is 0 Å². The van der Waals surface area contributed by atoms with Crippen LogP contribution in [0.3, 0.4) is 0 Å². The number of hydrogen-bond acceptors (Lipinski definition) is 4. The molecule has 5 rings (SSSR count). The highest BCUT2D eigenvalue weighted by molar-refractivity contribution is 5.99. The molecule has 1 heterocycles. The molecule has 1 aromatic heterocycles. The van der Waals surface area contributed by atoms with Gasteiger partial charge in [0.05, 0.1) is 0 Å². The first-order valence-corrected chi connectivity index (χ1v) is 11.7. The number of imidazole rings is 1. The molecule has 1 aliphatic carbocycles. The fraction of sp³-hybridized carbons (Fsp3) is 0.241. The number of Topliss-reactive ketones (excluding diaryl/α,β-unsaturated/α-hetero) is 1. The highest BCUT2D eigenvalue weighted by atomic mass is 16.5. The number of ketones is 1. The molecule has 34 heavy (non-hydrogen) atoms. The average molecular weight is 453 g/mol. The van der Waals surface area contributed by atoms with E-state index in [0.29, 0.717) is 19.4 Å². The molecule has 0 bridgehead atoms. The van der Waals surface area contributed by atoms with Gasteiger partial charge in [0, 0.05) is 36.4 Å². The Morgan fingerprint density at radius 3 is 2.59 bits per heavy atom. The number of H-pyrrole nitrogens is 1. The monoisotopic (exact) mass is 452 g/mol. The van der Waals surface area contributed by atoms with Crippen molar-refractivity contribution in [1.82, 2.24) is 9.97 Å². The molecule has 0 spiro atoms. The fourth-order valence-corrected chi connectivity index (χ4v) is 4.47. The van der Waals surface area contributed by atoms with E-state index in [0.717, 1.165) is 52.4 Å². The van der Waals surface area contributed by atoms with Crippen LogP contribution >= 0.6 is 0 Å². The molecule has 0 saturated heterocycles. The molecular weight excluding hydrogens is 424 g/mol. The summed E-state index contributed by atoms with van der Waals surface area (Å²) < 4.78 is 12.8. The summed E-state index contributed by atoms with van der Waals surface area (Å²) in [4.78, 5) is 20.2. The Morgan fingerprint density at radius 1 is 1.00 bits per heavy atom. The molecule has 1 atom stereocenters. The van der Waals surface area contributed by atoms with Crippen LogP contribution in [0.15, 0.2) is 79.1 Å². The van der Waals surface area contributed by atoms with Crippen molar-refractivity contribution in [2.45, 2.75) is 45.3 Å². The topological polar surface area (TPSA) is 64.2 Å². The third-order valence-electron chi connectivity index (χ3n) is 6.30. The zero-order valence-electron chi connectivity index (χ0n) is 19.3. The van der Waals surface area contributed by atoms with E-state index in [1.165, 1.54) is 5.56 Å². The first kappa shape index (κ1) is 22.0. The molecule has 1 N–H and O–H groups in total. The second kappa shape index (κ2) is 9.96. The largest absolute Gasteiger partial charge is 0.489 e. The lowest BCUT2D eigenvalue weighted by Gasteiger charge is -2.25. The van der Waals surface area contributed by atoms with E-state index in [1.807, 2.05) is 60.8 Å². The van der Waals surface area contributed by atoms with Crippen LogP contribution in [0.2, 0.25) is 0 Å². The van der Waals surface area contributed by atoms with E-state index in [4.69, 9.17) is 9.47 Å². The molecule has 172 valence electrons. The van der Waals surface area contributed by atoms with Crippen molar-refractivity contribution in [1.29, 1.82) is 0 Å². The number of aromatic nitrogens is 2. The lowest BCUT2D eigenvalue weighted by molar-refractivity contribution is 0.0971. The van der Waals surface area contributed by atoms with Gasteiger partial charge in [-0.2, -0.15) is 0 Å². The zero-order valence-corrected chi connectivity index (χ0v) is 19.3. The molecule has 5 nitrogen and oxygen atoms in total. The van der Waals surface area contributed by atoms with E-state index in [1.54, 1.807) is 6.20 Å². The lowest BCUT2D eigenvalue weighted by Crippen LogP contribution is -2.18. The SMILES string of the molecule is Cc1ccc(OCc2c(O[C@@H](Cc3ncc[nH]3)c3ccccc3)ccc3c2CCCC3=O)cc1. The van der Waals surface area contributed by atoms with Crippen molar-refractivity contribution in [3.63, 3.8) is 0 Å². The Labute approximate surface area is 199 Å². The number of rotatable bonds is 8. The van der Waals surface area contributed by atoms with Crippen molar-refractivity contribution < 1.29 is 14.3 Å². The molecule has 0 radical (unpaired) electrons. The summed E-state index contributed by atoms with van der Waals surface area (Å²) in [5.41, 5.74) is 5.04. The number of hydrogen-bond donors (Lipinski definition) is 1. The number of aromatic amines is 1. The number of nitrogens with one attached hydrogen (secondary N) is 1. The van der Waals surface area contributed by atoms with Gasteiger partial charge in [-0.15, -0.1) is 0 Å². The van der Waals surface area contributed by atoms with Crippen molar-refractivity contribution in [3.8, 4) is 11.5 Å².